The van der Waals surface area contributed by atoms with Crippen LogP contribution in [0.25, 0.3) is 17.2 Å². The van der Waals surface area contributed by atoms with Crippen LogP contribution < -0.4 is 4.90 Å². The second-order valence-corrected chi connectivity index (χ2v) is 6.38. The van der Waals surface area contributed by atoms with E-state index < -0.39 is 0 Å². The third kappa shape index (κ3) is 3.68. The van der Waals surface area contributed by atoms with Crippen LogP contribution in [0.1, 0.15) is 5.56 Å². The van der Waals surface area contributed by atoms with E-state index in [0.717, 1.165) is 22.6 Å². The van der Waals surface area contributed by atoms with Gasteiger partial charge < -0.3 is 4.90 Å². The lowest BCUT2D eigenvalue weighted by Gasteiger charge is -2.25. The zero-order valence-electron chi connectivity index (χ0n) is 15.1. The van der Waals surface area contributed by atoms with Crippen LogP contribution in [0.3, 0.4) is 0 Å². The minimum Gasteiger partial charge on any atom is -0.311 e. The van der Waals surface area contributed by atoms with E-state index in [9.17, 15) is 0 Å². The molecule has 0 atom stereocenters. The van der Waals surface area contributed by atoms with Crippen LogP contribution in [0.2, 0.25) is 0 Å². The molecule has 0 radical (unpaired) electrons. The van der Waals surface area contributed by atoms with Crippen molar-refractivity contribution >= 4 is 23.1 Å². The monoisotopic (exact) mass is 347 g/mol. The first-order valence-corrected chi connectivity index (χ1v) is 9.08. The molecule has 4 rings (SSSR count). The number of nitrogens with zero attached hydrogens (tertiary/aromatic N) is 1. The van der Waals surface area contributed by atoms with E-state index >= 15 is 0 Å². The first-order valence-electron chi connectivity index (χ1n) is 9.08. The van der Waals surface area contributed by atoms with Gasteiger partial charge in [0.2, 0.25) is 0 Å². The Morgan fingerprint density at radius 2 is 0.889 bits per heavy atom. The molecule has 1 nitrogen and oxygen atoms in total. The Morgan fingerprint density at radius 3 is 1.33 bits per heavy atom. The highest BCUT2D eigenvalue weighted by molar-refractivity contribution is 5.78. The molecular weight excluding hydrogens is 326 g/mol. The maximum absolute atomic E-state index is 3.82. The Bertz CT molecular complexity index is 962. The molecule has 0 fully saturated rings. The van der Waals surface area contributed by atoms with Gasteiger partial charge in [-0.05, 0) is 53.1 Å². The molecule has 4 aromatic carbocycles. The maximum atomic E-state index is 3.82. The molecule has 0 amide bonds. The summed E-state index contributed by atoms with van der Waals surface area (Å²) in [6.45, 7) is 3.82. The smallest absolute Gasteiger partial charge is 0.0462 e. The summed E-state index contributed by atoms with van der Waals surface area (Å²) in [5.74, 6) is 0. The zero-order valence-corrected chi connectivity index (χ0v) is 15.1. The van der Waals surface area contributed by atoms with E-state index in [2.05, 4.69) is 109 Å². The first kappa shape index (κ1) is 16.9. The second-order valence-electron chi connectivity index (χ2n) is 6.38. The Labute approximate surface area is 160 Å². The van der Waals surface area contributed by atoms with Gasteiger partial charge in [0.1, 0.15) is 0 Å². The number of hydrogen-bond donors (Lipinski definition) is 0. The molecule has 0 saturated heterocycles. The fourth-order valence-corrected chi connectivity index (χ4v) is 3.22. The van der Waals surface area contributed by atoms with Crippen LogP contribution in [0.4, 0.5) is 17.1 Å². The SMILES string of the molecule is C=Cc1ccc(-c2ccc(N(c3ccccc3)c3ccccc3)cc2)cc1. The van der Waals surface area contributed by atoms with Crippen LogP contribution in [-0.4, -0.2) is 0 Å². The summed E-state index contributed by atoms with van der Waals surface area (Å²) in [4.78, 5) is 2.27. The maximum Gasteiger partial charge on any atom is 0.0462 e. The van der Waals surface area contributed by atoms with Crippen LogP contribution in [0.15, 0.2) is 116 Å². The molecule has 0 aromatic heterocycles. The number of rotatable bonds is 5. The van der Waals surface area contributed by atoms with Crippen LogP contribution in [0, 0.1) is 0 Å². The number of anilines is 3. The Hall–Kier alpha value is -3.58. The highest BCUT2D eigenvalue weighted by Crippen LogP contribution is 2.35. The van der Waals surface area contributed by atoms with E-state index in [-0.39, 0.29) is 0 Å². The van der Waals surface area contributed by atoms with Crippen molar-refractivity contribution in [1.82, 2.24) is 0 Å². The van der Waals surface area contributed by atoms with Crippen molar-refractivity contribution < 1.29 is 0 Å². The molecule has 0 aliphatic rings. The fraction of sp³-hybridized carbons (Fsp3) is 0. The molecule has 0 aliphatic heterocycles. The molecule has 0 heterocycles. The van der Waals surface area contributed by atoms with Crippen molar-refractivity contribution in [2.24, 2.45) is 0 Å². The van der Waals surface area contributed by atoms with Gasteiger partial charge in [0, 0.05) is 17.1 Å². The van der Waals surface area contributed by atoms with Gasteiger partial charge >= 0.3 is 0 Å². The summed E-state index contributed by atoms with van der Waals surface area (Å²) in [5, 5.41) is 0. The molecule has 0 bridgehead atoms. The summed E-state index contributed by atoms with van der Waals surface area (Å²) in [7, 11) is 0. The Kier molecular flexibility index (Phi) is 4.84. The van der Waals surface area contributed by atoms with Crippen LogP contribution >= 0.6 is 0 Å². The predicted octanol–water partition coefficient (Wildman–Crippen LogP) is 7.47. The molecule has 0 aliphatic carbocycles. The largest absolute Gasteiger partial charge is 0.311 e. The van der Waals surface area contributed by atoms with E-state index in [1.165, 1.54) is 11.1 Å². The van der Waals surface area contributed by atoms with Crippen molar-refractivity contribution in [1.29, 1.82) is 0 Å². The summed E-state index contributed by atoms with van der Waals surface area (Å²) in [5.41, 5.74) is 6.97. The molecule has 0 saturated carbocycles. The zero-order chi connectivity index (χ0) is 18.5. The fourth-order valence-electron chi connectivity index (χ4n) is 3.22. The normalized spacial score (nSPS) is 10.4. The van der Waals surface area contributed by atoms with E-state index in [4.69, 9.17) is 0 Å². The lowest BCUT2D eigenvalue weighted by molar-refractivity contribution is 1.28. The molecule has 4 aromatic rings. The van der Waals surface area contributed by atoms with Crippen molar-refractivity contribution in [3.8, 4) is 11.1 Å². The molecule has 130 valence electrons. The lowest BCUT2D eigenvalue weighted by atomic mass is 10.0. The standard InChI is InChI=1S/C26H21N/c1-2-21-13-15-22(16-14-21)23-17-19-26(20-18-23)27(24-9-5-3-6-10-24)25-11-7-4-8-12-25/h2-20H,1H2. The van der Waals surface area contributed by atoms with Gasteiger partial charge in [-0.3, -0.25) is 0 Å². The Morgan fingerprint density at radius 1 is 0.481 bits per heavy atom. The van der Waals surface area contributed by atoms with Crippen molar-refractivity contribution in [3.63, 3.8) is 0 Å². The van der Waals surface area contributed by atoms with E-state index in [1.54, 1.807) is 0 Å². The highest BCUT2D eigenvalue weighted by atomic mass is 15.1. The average Bonchev–Trinajstić information content (AvgIpc) is 2.76. The minimum atomic E-state index is 1.13. The topological polar surface area (TPSA) is 3.24 Å². The predicted molar refractivity (Wildman–Crippen MR) is 117 cm³/mol. The van der Waals surface area contributed by atoms with Crippen LogP contribution in [0.5, 0.6) is 0 Å². The van der Waals surface area contributed by atoms with Crippen molar-refractivity contribution in [2.45, 2.75) is 0 Å². The van der Waals surface area contributed by atoms with Gasteiger partial charge in [0.25, 0.3) is 0 Å². The number of para-hydroxylation sites is 2. The summed E-state index contributed by atoms with van der Waals surface area (Å²) in [6, 6.07) is 38.1. The van der Waals surface area contributed by atoms with Gasteiger partial charge in [-0.15, -0.1) is 0 Å². The van der Waals surface area contributed by atoms with Crippen LogP contribution in [-0.2, 0) is 0 Å². The minimum absolute atomic E-state index is 1.13. The second kappa shape index (κ2) is 7.76. The van der Waals surface area contributed by atoms with Gasteiger partial charge in [0.15, 0.2) is 0 Å². The van der Waals surface area contributed by atoms with Gasteiger partial charge in [0.05, 0.1) is 0 Å². The molecule has 0 N–H and O–H groups in total. The molecule has 1 heteroatoms. The molecule has 27 heavy (non-hydrogen) atoms. The Balaban J connectivity index is 1.71. The quantitative estimate of drug-likeness (QED) is 0.362. The van der Waals surface area contributed by atoms with Gasteiger partial charge in [-0.1, -0.05) is 85.5 Å². The molecule has 0 spiro atoms. The number of hydrogen-bond acceptors (Lipinski definition) is 1. The highest BCUT2D eigenvalue weighted by Gasteiger charge is 2.11. The lowest BCUT2D eigenvalue weighted by Crippen LogP contribution is -2.09. The summed E-state index contributed by atoms with van der Waals surface area (Å²) < 4.78 is 0. The average molecular weight is 347 g/mol. The van der Waals surface area contributed by atoms with E-state index in [1.807, 2.05) is 18.2 Å². The first-order chi connectivity index (χ1) is 13.3. The van der Waals surface area contributed by atoms with E-state index in [0.29, 0.717) is 0 Å². The van der Waals surface area contributed by atoms with Gasteiger partial charge in [-0.25, -0.2) is 0 Å². The number of benzene rings is 4. The van der Waals surface area contributed by atoms with Crippen molar-refractivity contribution in [3.05, 3.63) is 121 Å². The molecular formula is C26H21N. The van der Waals surface area contributed by atoms with Gasteiger partial charge in [-0.2, -0.15) is 0 Å². The van der Waals surface area contributed by atoms with Crippen molar-refractivity contribution in [2.75, 3.05) is 4.90 Å². The summed E-state index contributed by atoms with van der Waals surface area (Å²) >= 11 is 0. The third-order valence-electron chi connectivity index (χ3n) is 4.63. The summed E-state index contributed by atoms with van der Waals surface area (Å²) in [6.07, 6.45) is 1.87. The molecule has 0 unspecified atom stereocenters. The third-order valence-corrected chi connectivity index (χ3v) is 4.63.